The molecule has 0 saturated carbocycles. The molecule has 0 amide bonds. The van der Waals surface area contributed by atoms with Crippen molar-refractivity contribution in [3.63, 3.8) is 0 Å². The Morgan fingerprint density at radius 3 is 2.65 bits per heavy atom. The van der Waals surface area contributed by atoms with Crippen molar-refractivity contribution in [1.29, 1.82) is 0 Å². The smallest absolute Gasteiger partial charge is 0.133 e. The highest BCUT2D eigenvalue weighted by atomic mass is 32.1. The first kappa shape index (κ1) is 17.1. The molecule has 2 nitrogen and oxygen atoms in total. The minimum Gasteiger partial charge on any atom is -0.389 e. The molecule has 0 bridgehead atoms. The van der Waals surface area contributed by atoms with Gasteiger partial charge in [0.2, 0.25) is 0 Å². The van der Waals surface area contributed by atoms with E-state index in [-0.39, 0.29) is 10.8 Å². The quantitative estimate of drug-likeness (QED) is 0.739. The minimum atomic E-state index is -0.343. The van der Waals surface area contributed by atoms with Gasteiger partial charge in [-0.2, -0.15) is 0 Å². The lowest BCUT2D eigenvalue weighted by Gasteiger charge is -2.28. The second-order valence-corrected chi connectivity index (χ2v) is 5.70. The van der Waals surface area contributed by atoms with Crippen molar-refractivity contribution >= 4 is 17.2 Å². The van der Waals surface area contributed by atoms with Crippen LogP contribution in [0.15, 0.2) is 18.2 Å². The number of benzene rings is 1. The second-order valence-electron chi connectivity index (χ2n) is 5.26. The molecule has 0 fully saturated rings. The Balaban J connectivity index is 2.87. The third kappa shape index (κ3) is 4.84. The van der Waals surface area contributed by atoms with Crippen LogP contribution in [0.1, 0.15) is 51.2 Å². The van der Waals surface area contributed by atoms with Gasteiger partial charge in [-0.1, -0.05) is 38.6 Å². The minimum absolute atomic E-state index is 0.119. The summed E-state index contributed by atoms with van der Waals surface area (Å²) in [6.07, 6.45) is 3.45. The topological polar surface area (TPSA) is 29.3 Å². The van der Waals surface area contributed by atoms with Gasteiger partial charge in [-0.15, -0.1) is 0 Å². The number of nitrogens with zero attached hydrogens (tertiary/aromatic N) is 1. The van der Waals surface area contributed by atoms with E-state index in [4.69, 9.17) is 18.0 Å². The molecular formula is C16H25FN2S. The highest BCUT2D eigenvalue weighted by molar-refractivity contribution is 7.80. The molecule has 0 radical (unpaired) electrons. The molecule has 0 aromatic heterocycles. The van der Waals surface area contributed by atoms with E-state index in [9.17, 15) is 4.39 Å². The van der Waals surface area contributed by atoms with E-state index >= 15 is 0 Å². The lowest BCUT2D eigenvalue weighted by molar-refractivity contribution is 0.192. The summed E-state index contributed by atoms with van der Waals surface area (Å²) in [5, 5.41) is 0. The van der Waals surface area contributed by atoms with Gasteiger partial charge in [0.15, 0.2) is 0 Å². The highest BCUT2D eigenvalue weighted by Gasteiger charge is 2.13. The van der Waals surface area contributed by atoms with Crippen LogP contribution in [0.4, 0.5) is 4.39 Å². The summed E-state index contributed by atoms with van der Waals surface area (Å²) in [6, 6.07) is 5.57. The average molecular weight is 296 g/mol. The molecule has 20 heavy (non-hydrogen) atoms. The van der Waals surface area contributed by atoms with Crippen molar-refractivity contribution in [3.8, 4) is 0 Å². The lowest BCUT2D eigenvalue weighted by Crippen LogP contribution is -2.33. The van der Waals surface area contributed by atoms with Crippen LogP contribution in [0.5, 0.6) is 0 Å². The van der Waals surface area contributed by atoms with Gasteiger partial charge in [0.25, 0.3) is 0 Å². The van der Waals surface area contributed by atoms with Gasteiger partial charge < -0.3 is 5.73 Å². The molecule has 1 aromatic carbocycles. The third-order valence-electron chi connectivity index (χ3n) is 3.69. The number of rotatable bonds is 8. The fourth-order valence-corrected chi connectivity index (χ4v) is 2.33. The Bertz CT molecular complexity index is 448. The van der Waals surface area contributed by atoms with Crippen LogP contribution < -0.4 is 5.73 Å². The van der Waals surface area contributed by atoms with Crippen molar-refractivity contribution in [2.75, 3.05) is 6.54 Å². The predicted octanol–water partition coefficient (Wildman–Crippen LogP) is 3.86. The maximum absolute atomic E-state index is 13.6. The SMILES string of the molecule is CCCCN(Cc1ccc(F)c(C(N)=S)c1)C(C)CC. The summed E-state index contributed by atoms with van der Waals surface area (Å²) in [7, 11) is 0. The predicted molar refractivity (Wildman–Crippen MR) is 87.4 cm³/mol. The monoisotopic (exact) mass is 296 g/mol. The number of halogens is 1. The lowest BCUT2D eigenvalue weighted by atomic mass is 10.1. The Morgan fingerprint density at radius 1 is 1.40 bits per heavy atom. The van der Waals surface area contributed by atoms with Crippen LogP contribution in [0.2, 0.25) is 0 Å². The van der Waals surface area contributed by atoms with Gasteiger partial charge >= 0.3 is 0 Å². The fourth-order valence-electron chi connectivity index (χ4n) is 2.17. The van der Waals surface area contributed by atoms with Gasteiger partial charge in [0.1, 0.15) is 10.8 Å². The molecule has 1 unspecified atom stereocenters. The van der Waals surface area contributed by atoms with Crippen LogP contribution in [0, 0.1) is 5.82 Å². The van der Waals surface area contributed by atoms with Gasteiger partial charge in [-0.05, 0) is 44.0 Å². The first-order valence-corrected chi connectivity index (χ1v) is 7.72. The summed E-state index contributed by atoms with van der Waals surface area (Å²) in [5.41, 5.74) is 6.96. The number of hydrogen-bond acceptors (Lipinski definition) is 2. The standard InChI is InChI=1S/C16H25FN2S/c1-4-6-9-19(12(3)5-2)11-13-7-8-15(17)14(10-13)16(18)20/h7-8,10,12H,4-6,9,11H2,1-3H3,(H2,18,20). The summed E-state index contributed by atoms with van der Waals surface area (Å²) in [5.74, 6) is -0.343. The van der Waals surface area contributed by atoms with E-state index in [1.54, 1.807) is 6.07 Å². The van der Waals surface area contributed by atoms with Gasteiger partial charge in [-0.3, -0.25) is 4.90 Å². The van der Waals surface area contributed by atoms with Crippen molar-refractivity contribution in [1.82, 2.24) is 4.90 Å². The number of nitrogens with two attached hydrogens (primary N) is 1. The van der Waals surface area contributed by atoms with Crippen LogP contribution in [0.3, 0.4) is 0 Å². The first-order chi connectivity index (χ1) is 9.49. The van der Waals surface area contributed by atoms with Crippen LogP contribution in [-0.4, -0.2) is 22.5 Å². The molecule has 1 rings (SSSR count). The van der Waals surface area contributed by atoms with Crippen LogP contribution in [0.25, 0.3) is 0 Å². The summed E-state index contributed by atoms with van der Waals surface area (Å²) in [4.78, 5) is 2.55. The van der Waals surface area contributed by atoms with Gasteiger partial charge in [0.05, 0.1) is 0 Å². The van der Waals surface area contributed by atoms with Crippen molar-refractivity contribution in [3.05, 3.63) is 35.1 Å². The zero-order valence-corrected chi connectivity index (χ0v) is 13.5. The van der Waals surface area contributed by atoms with Crippen molar-refractivity contribution in [2.24, 2.45) is 5.73 Å². The van der Waals surface area contributed by atoms with Gasteiger partial charge in [-0.25, -0.2) is 4.39 Å². The maximum atomic E-state index is 13.6. The molecule has 0 aliphatic rings. The molecule has 1 atom stereocenters. The number of unbranched alkanes of at least 4 members (excludes halogenated alkanes) is 1. The molecule has 0 aliphatic carbocycles. The summed E-state index contributed by atoms with van der Waals surface area (Å²) in [6.45, 7) is 8.48. The van der Waals surface area contributed by atoms with Crippen molar-refractivity contribution < 1.29 is 4.39 Å². The summed E-state index contributed by atoms with van der Waals surface area (Å²) >= 11 is 4.89. The van der Waals surface area contributed by atoms with E-state index in [1.807, 2.05) is 6.07 Å². The molecular weight excluding hydrogens is 271 g/mol. The summed E-state index contributed by atoms with van der Waals surface area (Å²) < 4.78 is 13.6. The normalized spacial score (nSPS) is 12.7. The van der Waals surface area contributed by atoms with E-state index < -0.39 is 0 Å². The average Bonchev–Trinajstić information content (AvgIpc) is 2.43. The largest absolute Gasteiger partial charge is 0.389 e. The Morgan fingerprint density at radius 2 is 2.10 bits per heavy atom. The third-order valence-corrected chi connectivity index (χ3v) is 3.91. The molecule has 0 aliphatic heterocycles. The van der Waals surface area contributed by atoms with Crippen LogP contribution in [-0.2, 0) is 6.54 Å². The molecule has 1 aromatic rings. The Kier molecular flexibility index (Phi) is 7.10. The van der Waals surface area contributed by atoms with Gasteiger partial charge in [0, 0.05) is 18.2 Å². The molecule has 0 spiro atoms. The molecule has 0 saturated heterocycles. The number of thiocarbonyl (C=S) groups is 1. The fraction of sp³-hybridized carbons (Fsp3) is 0.562. The highest BCUT2D eigenvalue weighted by Crippen LogP contribution is 2.15. The van der Waals surface area contributed by atoms with Crippen molar-refractivity contribution in [2.45, 2.75) is 52.6 Å². The van der Waals surface area contributed by atoms with E-state index in [1.165, 1.54) is 18.9 Å². The molecule has 0 heterocycles. The van der Waals surface area contributed by atoms with Crippen LogP contribution >= 0.6 is 12.2 Å². The van der Waals surface area contributed by atoms with E-state index in [0.29, 0.717) is 11.6 Å². The molecule has 2 N–H and O–H groups in total. The first-order valence-electron chi connectivity index (χ1n) is 7.31. The maximum Gasteiger partial charge on any atom is 0.133 e. The second kappa shape index (κ2) is 8.32. The van der Waals surface area contributed by atoms with E-state index in [0.717, 1.165) is 25.1 Å². The Hall–Kier alpha value is -1.00. The zero-order valence-electron chi connectivity index (χ0n) is 12.7. The number of hydrogen-bond donors (Lipinski definition) is 1. The zero-order chi connectivity index (χ0) is 15.1. The molecule has 112 valence electrons. The molecule has 4 heteroatoms. The van der Waals surface area contributed by atoms with E-state index in [2.05, 4.69) is 25.7 Å². The Labute approximate surface area is 127 Å².